The van der Waals surface area contributed by atoms with Crippen LogP contribution in [0.3, 0.4) is 0 Å². The summed E-state index contributed by atoms with van der Waals surface area (Å²) in [4.78, 5) is 44.4. The standard InChI is InChI=1S/C24H18Cl2F6N4O5/c1-21(41)6-12-15(18(37)34-14-3-8(23(27,28)29)2-13(33-14)24(30,31)32)16(19(38)39)22(36(12)7-21)10-4-9(25)5-11(26)17(10)35-20(22)40/h2-5,12,15-16,41H,6-7H2,1H3,(H,35,40)(H,38,39)(H,33,34,37)/t12?,15?,16?,21-,22?/m0/s1. The normalized spacial score (nSPS) is 29.4. The average molecular weight is 627 g/mol. The third-order valence-electron chi connectivity index (χ3n) is 7.55. The molecule has 2 aromatic rings. The Morgan fingerprint density at radius 1 is 1.12 bits per heavy atom. The molecule has 1 aromatic carbocycles. The van der Waals surface area contributed by atoms with E-state index in [1.807, 2.05) is 5.32 Å². The molecule has 1 spiro atoms. The smallest absolute Gasteiger partial charge is 0.433 e. The number of aliphatic carboxylic acids is 1. The number of alkyl halides is 6. The van der Waals surface area contributed by atoms with Gasteiger partial charge >= 0.3 is 18.3 Å². The van der Waals surface area contributed by atoms with E-state index in [2.05, 4.69) is 10.3 Å². The number of nitrogens with zero attached hydrogens (tertiary/aromatic N) is 2. The topological polar surface area (TPSA) is 132 Å². The van der Waals surface area contributed by atoms with Crippen LogP contribution in [0.2, 0.25) is 10.0 Å². The third-order valence-corrected chi connectivity index (χ3v) is 8.07. The van der Waals surface area contributed by atoms with E-state index in [-0.39, 0.29) is 46.4 Å². The summed E-state index contributed by atoms with van der Waals surface area (Å²) < 4.78 is 80.1. The molecule has 4 heterocycles. The molecule has 9 nitrogen and oxygen atoms in total. The molecule has 41 heavy (non-hydrogen) atoms. The van der Waals surface area contributed by atoms with E-state index in [4.69, 9.17) is 23.2 Å². The second-order valence-electron chi connectivity index (χ2n) is 10.4. The number of aromatic nitrogens is 1. The highest BCUT2D eigenvalue weighted by molar-refractivity contribution is 6.38. The number of fused-ring (bicyclic) bond motifs is 4. The molecule has 5 rings (SSSR count). The van der Waals surface area contributed by atoms with Crippen molar-refractivity contribution in [2.45, 2.75) is 42.9 Å². The predicted octanol–water partition coefficient (Wildman–Crippen LogP) is 4.37. The van der Waals surface area contributed by atoms with E-state index < -0.39 is 76.2 Å². The van der Waals surface area contributed by atoms with Crippen LogP contribution < -0.4 is 10.6 Å². The van der Waals surface area contributed by atoms with Crippen molar-refractivity contribution in [2.75, 3.05) is 17.2 Å². The molecule has 3 aliphatic heterocycles. The molecular weight excluding hydrogens is 609 g/mol. The van der Waals surface area contributed by atoms with E-state index in [0.717, 1.165) is 0 Å². The number of carbonyl (C=O) groups excluding carboxylic acids is 2. The van der Waals surface area contributed by atoms with Crippen molar-refractivity contribution in [2.24, 2.45) is 11.8 Å². The van der Waals surface area contributed by atoms with Crippen molar-refractivity contribution in [3.63, 3.8) is 0 Å². The van der Waals surface area contributed by atoms with Gasteiger partial charge in [0.1, 0.15) is 23.0 Å². The van der Waals surface area contributed by atoms with Crippen LogP contribution in [0.25, 0.3) is 0 Å². The van der Waals surface area contributed by atoms with Crippen LogP contribution in [0.4, 0.5) is 37.8 Å². The van der Waals surface area contributed by atoms with Gasteiger partial charge in [-0.3, -0.25) is 19.3 Å². The Hall–Kier alpha value is -3.14. The van der Waals surface area contributed by atoms with Gasteiger partial charge in [0, 0.05) is 23.2 Å². The molecular formula is C24H18Cl2F6N4O5. The summed E-state index contributed by atoms with van der Waals surface area (Å²) in [6.45, 7) is 1.05. The van der Waals surface area contributed by atoms with Gasteiger partial charge in [0.15, 0.2) is 0 Å². The molecule has 5 atom stereocenters. The van der Waals surface area contributed by atoms with Gasteiger partial charge in [-0.15, -0.1) is 0 Å². The summed E-state index contributed by atoms with van der Waals surface area (Å²) in [6.07, 6.45) is -10.8. The number of anilines is 2. The summed E-state index contributed by atoms with van der Waals surface area (Å²) >= 11 is 12.4. The van der Waals surface area contributed by atoms with Crippen LogP contribution in [-0.2, 0) is 32.3 Å². The lowest BCUT2D eigenvalue weighted by Crippen LogP contribution is -2.54. The summed E-state index contributed by atoms with van der Waals surface area (Å²) in [5, 5.41) is 25.6. The minimum Gasteiger partial charge on any atom is -0.481 e. The van der Waals surface area contributed by atoms with Crippen molar-refractivity contribution < 1.29 is 50.9 Å². The molecule has 2 saturated heterocycles. The summed E-state index contributed by atoms with van der Waals surface area (Å²) in [6, 6.07) is 1.29. The van der Waals surface area contributed by atoms with Gasteiger partial charge in [-0.1, -0.05) is 23.2 Å². The predicted molar refractivity (Wildman–Crippen MR) is 130 cm³/mol. The summed E-state index contributed by atoms with van der Waals surface area (Å²) in [5.41, 5.74) is -7.44. The van der Waals surface area contributed by atoms with E-state index in [1.54, 1.807) is 0 Å². The molecule has 3 aliphatic rings. The molecule has 1 aromatic heterocycles. The van der Waals surface area contributed by atoms with Crippen LogP contribution in [0.1, 0.15) is 30.2 Å². The second-order valence-corrected chi connectivity index (χ2v) is 11.2. The Labute approximate surface area is 236 Å². The molecule has 0 saturated carbocycles. The highest BCUT2D eigenvalue weighted by Gasteiger charge is 2.73. The minimum absolute atomic E-state index is 0.00744. The first kappa shape index (κ1) is 29.4. The van der Waals surface area contributed by atoms with Crippen LogP contribution in [0.5, 0.6) is 0 Å². The molecule has 2 fully saturated rings. The fraction of sp³-hybridized carbons (Fsp3) is 0.417. The molecule has 4 unspecified atom stereocenters. The second kappa shape index (κ2) is 9.18. The van der Waals surface area contributed by atoms with E-state index in [0.29, 0.717) is 0 Å². The number of hydrogen-bond acceptors (Lipinski definition) is 6. The number of nitrogens with one attached hydrogen (secondary N) is 2. The van der Waals surface area contributed by atoms with E-state index in [1.165, 1.54) is 24.0 Å². The number of carboxylic acids is 1. The largest absolute Gasteiger partial charge is 0.481 e. The molecule has 2 amide bonds. The first-order valence-electron chi connectivity index (χ1n) is 11.8. The van der Waals surface area contributed by atoms with Gasteiger partial charge in [-0.25, -0.2) is 4.98 Å². The maximum absolute atomic E-state index is 13.6. The first-order chi connectivity index (χ1) is 18.8. The van der Waals surface area contributed by atoms with Gasteiger partial charge in [0.05, 0.1) is 27.8 Å². The SMILES string of the molecule is C[C@]1(O)CC2C(C(=O)Nc3cc(C(F)(F)F)cc(C(F)(F)F)n3)C(C(=O)O)C3(C(=O)Nc4c(Cl)cc(Cl)cc43)N2C1. The zero-order valence-corrected chi connectivity index (χ0v) is 22.0. The number of halogens is 8. The van der Waals surface area contributed by atoms with Gasteiger partial charge in [0.25, 0.3) is 5.91 Å². The Bertz CT molecular complexity index is 1470. The average Bonchev–Trinajstić information content (AvgIpc) is 3.38. The Balaban J connectivity index is 1.66. The molecule has 4 N–H and O–H groups in total. The quantitative estimate of drug-likeness (QED) is 0.372. The Morgan fingerprint density at radius 3 is 2.37 bits per heavy atom. The van der Waals surface area contributed by atoms with Crippen molar-refractivity contribution in [1.29, 1.82) is 0 Å². The van der Waals surface area contributed by atoms with Crippen molar-refractivity contribution in [3.8, 4) is 0 Å². The van der Waals surface area contributed by atoms with Gasteiger partial charge < -0.3 is 20.8 Å². The van der Waals surface area contributed by atoms with Crippen LogP contribution >= 0.6 is 23.2 Å². The number of aliphatic hydroxyl groups is 1. The first-order valence-corrected chi connectivity index (χ1v) is 12.5. The number of benzene rings is 1. The maximum atomic E-state index is 13.6. The lowest BCUT2D eigenvalue weighted by molar-refractivity contribution is -0.152. The Kier molecular flexibility index (Phi) is 6.57. The van der Waals surface area contributed by atoms with Crippen LogP contribution in [0.15, 0.2) is 24.3 Å². The lowest BCUT2D eigenvalue weighted by atomic mass is 9.73. The Morgan fingerprint density at radius 2 is 1.78 bits per heavy atom. The molecule has 0 bridgehead atoms. The molecule has 220 valence electrons. The summed E-state index contributed by atoms with van der Waals surface area (Å²) in [5.74, 6) is -8.75. The van der Waals surface area contributed by atoms with Gasteiger partial charge in [-0.2, -0.15) is 26.3 Å². The molecule has 17 heteroatoms. The van der Waals surface area contributed by atoms with Crippen LogP contribution in [0, 0.1) is 11.8 Å². The van der Waals surface area contributed by atoms with Crippen molar-refractivity contribution >= 4 is 52.5 Å². The summed E-state index contributed by atoms with van der Waals surface area (Å²) in [7, 11) is 0. The molecule has 0 radical (unpaired) electrons. The number of pyridine rings is 1. The van der Waals surface area contributed by atoms with Crippen LogP contribution in [-0.4, -0.2) is 56.1 Å². The van der Waals surface area contributed by atoms with Gasteiger partial charge in [0.2, 0.25) is 5.91 Å². The fourth-order valence-electron chi connectivity index (χ4n) is 6.18. The zero-order valence-electron chi connectivity index (χ0n) is 20.5. The number of rotatable bonds is 3. The number of carbonyl (C=O) groups is 3. The van der Waals surface area contributed by atoms with E-state index in [9.17, 15) is 50.9 Å². The van der Waals surface area contributed by atoms with Crippen molar-refractivity contribution in [3.05, 3.63) is 51.1 Å². The van der Waals surface area contributed by atoms with Gasteiger partial charge in [-0.05, 0) is 37.6 Å². The zero-order chi connectivity index (χ0) is 30.4. The number of amides is 2. The fourth-order valence-corrected chi connectivity index (χ4v) is 6.72. The highest BCUT2D eigenvalue weighted by Crippen LogP contribution is 2.60. The number of hydrogen-bond donors (Lipinski definition) is 4. The molecule has 0 aliphatic carbocycles. The third kappa shape index (κ3) is 4.58. The minimum atomic E-state index is -5.31. The maximum Gasteiger partial charge on any atom is 0.433 e. The highest BCUT2D eigenvalue weighted by atomic mass is 35.5. The van der Waals surface area contributed by atoms with Crippen molar-refractivity contribution in [1.82, 2.24) is 9.88 Å². The lowest BCUT2D eigenvalue weighted by Gasteiger charge is -2.36. The number of carboxylic acid groups (broad SMARTS) is 1. The monoisotopic (exact) mass is 626 g/mol. The van der Waals surface area contributed by atoms with E-state index >= 15 is 0 Å².